The van der Waals surface area contributed by atoms with Gasteiger partial charge in [0, 0.05) is 16.2 Å². The van der Waals surface area contributed by atoms with Crippen LogP contribution < -0.4 is 0 Å². The Morgan fingerprint density at radius 1 is 1.12 bits per heavy atom. The van der Waals surface area contributed by atoms with Crippen molar-refractivity contribution in [3.8, 4) is 11.4 Å². The lowest BCUT2D eigenvalue weighted by atomic mass is 10.2. The average Bonchev–Trinajstić information content (AvgIpc) is 2.75. The van der Waals surface area contributed by atoms with Crippen LogP contribution in [0.25, 0.3) is 16.9 Å². The Morgan fingerprint density at radius 3 is 2.76 bits per heavy atom. The summed E-state index contributed by atoms with van der Waals surface area (Å²) in [5.41, 5.74) is 3.50. The third-order valence-electron chi connectivity index (χ3n) is 2.90. The van der Waals surface area contributed by atoms with E-state index in [1.165, 1.54) is 5.56 Å². The summed E-state index contributed by atoms with van der Waals surface area (Å²) in [6, 6.07) is 12.3. The third-order valence-corrected chi connectivity index (χ3v) is 3.59. The molecule has 3 rings (SSSR count). The van der Waals surface area contributed by atoms with Gasteiger partial charge in [-0.05, 0) is 24.6 Å². The van der Waals surface area contributed by atoms with Crippen LogP contribution in [0.2, 0.25) is 0 Å². The summed E-state index contributed by atoms with van der Waals surface area (Å²) >= 11 is 3.57. The van der Waals surface area contributed by atoms with E-state index >= 15 is 0 Å². The molecule has 0 amide bonds. The van der Waals surface area contributed by atoms with Gasteiger partial charge in [-0.2, -0.15) is 0 Å². The zero-order valence-electron chi connectivity index (χ0n) is 9.39. The van der Waals surface area contributed by atoms with Gasteiger partial charge in [0.15, 0.2) is 0 Å². The van der Waals surface area contributed by atoms with Crippen molar-refractivity contribution in [3.05, 3.63) is 58.8 Å². The van der Waals surface area contributed by atoms with Crippen molar-refractivity contribution in [1.29, 1.82) is 0 Å². The number of halogens is 1. The van der Waals surface area contributed by atoms with Gasteiger partial charge in [0.25, 0.3) is 0 Å². The molecular weight excluding hydrogens is 276 g/mol. The Labute approximate surface area is 108 Å². The second-order valence-electron chi connectivity index (χ2n) is 4.01. The summed E-state index contributed by atoms with van der Waals surface area (Å²) in [5, 5.41) is 0. The molecule has 0 saturated heterocycles. The molecule has 2 heterocycles. The highest BCUT2D eigenvalue weighted by Crippen LogP contribution is 2.28. The maximum absolute atomic E-state index is 4.52. The SMILES string of the molecule is Cc1cccn2c(-c3ccccc3Br)ncc12. The minimum Gasteiger partial charge on any atom is -0.299 e. The van der Waals surface area contributed by atoms with Crippen LogP contribution in [-0.4, -0.2) is 9.38 Å². The first-order chi connectivity index (χ1) is 8.27. The van der Waals surface area contributed by atoms with Crippen LogP contribution in [-0.2, 0) is 0 Å². The molecule has 0 radical (unpaired) electrons. The third kappa shape index (κ3) is 1.67. The highest BCUT2D eigenvalue weighted by molar-refractivity contribution is 9.10. The number of pyridine rings is 1. The fourth-order valence-electron chi connectivity index (χ4n) is 2.00. The number of imidazole rings is 1. The van der Waals surface area contributed by atoms with Crippen LogP contribution >= 0.6 is 15.9 Å². The van der Waals surface area contributed by atoms with Gasteiger partial charge in [-0.3, -0.25) is 4.40 Å². The van der Waals surface area contributed by atoms with Crippen molar-refractivity contribution in [1.82, 2.24) is 9.38 Å². The molecule has 3 heteroatoms. The van der Waals surface area contributed by atoms with E-state index in [4.69, 9.17) is 0 Å². The summed E-state index contributed by atoms with van der Waals surface area (Å²) in [7, 11) is 0. The lowest BCUT2D eigenvalue weighted by Gasteiger charge is -2.04. The maximum atomic E-state index is 4.52. The Hall–Kier alpha value is -1.61. The first kappa shape index (κ1) is 10.5. The quantitative estimate of drug-likeness (QED) is 0.659. The molecule has 0 unspecified atom stereocenters. The molecular formula is C14H11BrN2. The van der Waals surface area contributed by atoms with E-state index in [0.29, 0.717) is 0 Å². The van der Waals surface area contributed by atoms with Gasteiger partial charge >= 0.3 is 0 Å². The van der Waals surface area contributed by atoms with Crippen LogP contribution in [0.5, 0.6) is 0 Å². The maximum Gasteiger partial charge on any atom is 0.145 e. The van der Waals surface area contributed by atoms with Gasteiger partial charge in [0.05, 0.1) is 11.7 Å². The molecule has 0 spiro atoms. The number of nitrogens with zero attached hydrogens (tertiary/aromatic N) is 2. The van der Waals surface area contributed by atoms with E-state index in [2.05, 4.69) is 44.4 Å². The van der Waals surface area contributed by atoms with E-state index in [-0.39, 0.29) is 0 Å². The van der Waals surface area contributed by atoms with E-state index in [1.54, 1.807) is 0 Å². The predicted molar refractivity (Wildman–Crippen MR) is 73.1 cm³/mol. The van der Waals surface area contributed by atoms with E-state index < -0.39 is 0 Å². The van der Waals surface area contributed by atoms with Crippen molar-refractivity contribution in [3.63, 3.8) is 0 Å². The fourth-order valence-corrected chi connectivity index (χ4v) is 2.47. The van der Waals surface area contributed by atoms with Gasteiger partial charge in [-0.15, -0.1) is 0 Å². The number of aromatic nitrogens is 2. The second kappa shape index (κ2) is 4.00. The first-order valence-electron chi connectivity index (χ1n) is 5.45. The molecule has 1 aromatic carbocycles. The van der Waals surface area contributed by atoms with Crippen molar-refractivity contribution < 1.29 is 0 Å². The molecule has 0 aliphatic heterocycles. The van der Waals surface area contributed by atoms with Crippen molar-refractivity contribution in [2.45, 2.75) is 6.92 Å². The summed E-state index contributed by atoms with van der Waals surface area (Å²) < 4.78 is 3.18. The fraction of sp³-hybridized carbons (Fsp3) is 0.0714. The molecule has 0 aliphatic carbocycles. The monoisotopic (exact) mass is 286 g/mol. The Kier molecular flexibility index (Phi) is 2.48. The molecule has 0 saturated carbocycles. The first-order valence-corrected chi connectivity index (χ1v) is 6.24. The Bertz CT molecular complexity index is 686. The normalized spacial score (nSPS) is 10.9. The van der Waals surface area contributed by atoms with Gasteiger partial charge in [-0.25, -0.2) is 4.98 Å². The predicted octanol–water partition coefficient (Wildman–Crippen LogP) is 4.07. The number of fused-ring (bicyclic) bond motifs is 1. The molecule has 0 fully saturated rings. The van der Waals surface area contributed by atoms with Crippen molar-refractivity contribution in [2.24, 2.45) is 0 Å². The van der Waals surface area contributed by atoms with E-state index in [1.807, 2.05) is 36.7 Å². The molecule has 0 bridgehead atoms. The number of rotatable bonds is 1. The minimum absolute atomic E-state index is 0.969. The lowest BCUT2D eigenvalue weighted by Crippen LogP contribution is -1.90. The second-order valence-corrected chi connectivity index (χ2v) is 4.86. The summed E-state index contributed by atoms with van der Waals surface area (Å²) in [5.74, 6) is 0.969. The van der Waals surface area contributed by atoms with E-state index in [9.17, 15) is 0 Å². The van der Waals surface area contributed by atoms with Gasteiger partial charge < -0.3 is 0 Å². The number of aryl methyl sites for hydroxylation is 1. The topological polar surface area (TPSA) is 17.3 Å². The van der Waals surface area contributed by atoms with Crippen LogP contribution in [0.4, 0.5) is 0 Å². The Balaban J connectivity index is 2.33. The van der Waals surface area contributed by atoms with Crippen LogP contribution in [0, 0.1) is 6.92 Å². The van der Waals surface area contributed by atoms with Crippen LogP contribution in [0.1, 0.15) is 5.56 Å². The number of hydrogen-bond donors (Lipinski definition) is 0. The molecule has 3 aromatic rings. The highest BCUT2D eigenvalue weighted by Gasteiger charge is 2.09. The molecule has 2 aromatic heterocycles. The molecule has 84 valence electrons. The lowest BCUT2D eigenvalue weighted by molar-refractivity contribution is 1.15. The number of benzene rings is 1. The van der Waals surface area contributed by atoms with Crippen LogP contribution in [0.3, 0.4) is 0 Å². The van der Waals surface area contributed by atoms with Crippen molar-refractivity contribution in [2.75, 3.05) is 0 Å². The zero-order chi connectivity index (χ0) is 11.8. The summed E-state index contributed by atoms with van der Waals surface area (Å²) in [6.45, 7) is 2.10. The molecule has 0 N–H and O–H groups in total. The van der Waals surface area contributed by atoms with Gasteiger partial charge in [0.2, 0.25) is 0 Å². The molecule has 0 atom stereocenters. The molecule has 2 nitrogen and oxygen atoms in total. The number of hydrogen-bond acceptors (Lipinski definition) is 1. The smallest absolute Gasteiger partial charge is 0.145 e. The zero-order valence-corrected chi connectivity index (χ0v) is 11.0. The molecule has 17 heavy (non-hydrogen) atoms. The minimum atomic E-state index is 0.969. The average molecular weight is 287 g/mol. The standard InChI is InChI=1S/C14H11BrN2/c1-10-5-4-8-17-13(10)9-16-14(17)11-6-2-3-7-12(11)15/h2-9H,1H3. The summed E-state index contributed by atoms with van der Waals surface area (Å²) in [4.78, 5) is 4.52. The largest absolute Gasteiger partial charge is 0.299 e. The van der Waals surface area contributed by atoms with Gasteiger partial charge in [0.1, 0.15) is 5.82 Å². The van der Waals surface area contributed by atoms with Gasteiger partial charge in [-0.1, -0.05) is 40.2 Å². The van der Waals surface area contributed by atoms with E-state index in [0.717, 1.165) is 21.4 Å². The van der Waals surface area contributed by atoms with Crippen LogP contribution in [0.15, 0.2) is 53.3 Å². The molecule has 0 aliphatic rings. The summed E-state index contributed by atoms with van der Waals surface area (Å²) in [6.07, 6.45) is 3.97. The Morgan fingerprint density at radius 2 is 1.94 bits per heavy atom. The van der Waals surface area contributed by atoms with Crippen molar-refractivity contribution >= 4 is 21.4 Å². The highest BCUT2D eigenvalue weighted by atomic mass is 79.9.